The molecule has 0 saturated heterocycles. The number of aromatic hydroxyl groups is 1. The van der Waals surface area contributed by atoms with Crippen LogP contribution in [-0.2, 0) is 0 Å². The molecular formula is C10H8N2O4. The van der Waals surface area contributed by atoms with Gasteiger partial charge in [0, 0.05) is 12.5 Å². The number of phenolic OH excluding ortho intramolecular Hbond substituents is 1. The predicted molar refractivity (Wildman–Crippen MR) is 54.1 cm³/mol. The first-order chi connectivity index (χ1) is 7.51. The molecule has 0 unspecified atom stereocenters. The van der Waals surface area contributed by atoms with Crippen LogP contribution in [0.25, 0.3) is 0 Å². The van der Waals surface area contributed by atoms with Crippen LogP contribution in [0.4, 0.5) is 5.69 Å². The molecule has 0 heterocycles. The average Bonchev–Trinajstić information content (AvgIpc) is 2.28. The lowest BCUT2D eigenvalue weighted by Gasteiger charge is -2.03. The second-order valence-corrected chi connectivity index (χ2v) is 3.04. The van der Waals surface area contributed by atoms with Gasteiger partial charge in [0.05, 0.1) is 22.1 Å². The van der Waals surface area contributed by atoms with E-state index >= 15 is 0 Å². The highest BCUT2D eigenvalue weighted by atomic mass is 16.6. The number of phenols is 1. The van der Waals surface area contributed by atoms with Crippen molar-refractivity contribution in [2.75, 3.05) is 0 Å². The predicted octanol–water partition coefficient (Wildman–Crippen LogP) is 1.76. The molecule has 16 heavy (non-hydrogen) atoms. The van der Waals surface area contributed by atoms with Crippen molar-refractivity contribution < 1.29 is 14.8 Å². The summed E-state index contributed by atoms with van der Waals surface area (Å²) in [6, 6.07) is 3.78. The lowest BCUT2D eigenvalue weighted by atomic mass is 10.0. The Morgan fingerprint density at radius 3 is 2.69 bits per heavy atom. The second-order valence-electron chi connectivity index (χ2n) is 3.04. The van der Waals surface area contributed by atoms with E-state index in [-0.39, 0.29) is 17.5 Å². The maximum atomic E-state index is 11.4. The third kappa shape index (κ3) is 1.98. The van der Waals surface area contributed by atoms with Crippen LogP contribution in [0.5, 0.6) is 5.75 Å². The van der Waals surface area contributed by atoms with Crippen LogP contribution in [-0.4, -0.2) is 15.8 Å². The van der Waals surface area contributed by atoms with Crippen molar-refractivity contribution in [3.63, 3.8) is 0 Å². The molecule has 6 nitrogen and oxygen atoms in total. The van der Waals surface area contributed by atoms with E-state index in [0.717, 1.165) is 12.1 Å². The maximum absolute atomic E-state index is 11.4. The molecule has 0 saturated carbocycles. The van der Waals surface area contributed by atoms with Gasteiger partial charge in [-0.3, -0.25) is 14.9 Å². The third-order valence-electron chi connectivity index (χ3n) is 2.04. The zero-order valence-electron chi connectivity index (χ0n) is 8.43. The highest BCUT2D eigenvalue weighted by Gasteiger charge is 2.22. The van der Waals surface area contributed by atoms with E-state index in [1.807, 2.05) is 0 Å². The molecule has 1 aromatic carbocycles. The van der Waals surface area contributed by atoms with Crippen LogP contribution in [0.3, 0.4) is 0 Å². The van der Waals surface area contributed by atoms with E-state index in [4.69, 9.17) is 5.26 Å². The lowest BCUT2D eigenvalue weighted by molar-refractivity contribution is -0.385. The number of nitriles is 1. The van der Waals surface area contributed by atoms with Gasteiger partial charge in [-0.05, 0) is 6.07 Å². The number of ketones is 1. The fraction of sp³-hybridized carbons (Fsp3) is 0.200. The Labute approximate surface area is 90.9 Å². The van der Waals surface area contributed by atoms with Gasteiger partial charge in [-0.1, -0.05) is 6.92 Å². The minimum absolute atomic E-state index is 0.0266. The number of hydrogen-bond acceptors (Lipinski definition) is 5. The summed E-state index contributed by atoms with van der Waals surface area (Å²) in [5.41, 5.74) is -0.842. The van der Waals surface area contributed by atoms with Crippen LogP contribution in [0.15, 0.2) is 12.1 Å². The molecule has 0 amide bonds. The summed E-state index contributed by atoms with van der Waals surface area (Å²) < 4.78 is 0. The zero-order chi connectivity index (χ0) is 12.3. The molecule has 0 bridgehead atoms. The van der Waals surface area contributed by atoms with Crippen molar-refractivity contribution in [3.05, 3.63) is 33.4 Å². The highest BCUT2D eigenvalue weighted by Crippen LogP contribution is 2.31. The van der Waals surface area contributed by atoms with Crippen molar-refractivity contribution in [1.82, 2.24) is 0 Å². The van der Waals surface area contributed by atoms with Gasteiger partial charge in [0.2, 0.25) is 5.75 Å². The number of Topliss-reactive ketones (excluding diaryl/α,β-unsaturated/α-hetero) is 1. The largest absolute Gasteiger partial charge is 0.502 e. The van der Waals surface area contributed by atoms with E-state index in [2.05, 4.69) is 0 Å². The summed E-state index contributed by atoms with van der Waals surface area (Å²) in [5.74, 6) is -1.13. The molecule has 0 aliphatic carbocycles. The minimum Gasteiger partial charge on any atom is -0.502 e. The molecule has 1 aromatic rings. The summed E-state index contributed by atoms with van der Waals surface area (Å²) in [5, 5.41) is 28.7. The highest BCUT2D eigenvalue weighted by molar-refractivity contribution is 6.00. The summed E-state index contributed by atoms with van der Waals surface area (Å²) in [6.45, 7) is 1.56. The number of benzene rings is 1. The van der Waals surface area contributed by atoms with Gasteiger partial charge < -0.3 is 5.11 Å². The molecule has 0 aliphatic rings. The molecule has 0 spiro atoms. The summed E-state index contributed by atoms with van der Waals surface area (Å²) in [6.07, 6.45) is 0.0968. The van der Waals surface area contributed by atoms with E-state index in [9.17, 15) is 20.0 Å². The Balaban J connectivity index is 3.50. The van der Waals surface area contributed by atoms with Crippen molar-refractivity contribution in [2.24, 2.45) is 0 Å². The van der Waals surface area contributed by atoms with Gasteiger partial charge >= 0.3 is 5.69 Å². The van der Waals surface area contributed by atoms with Crippen molar-refractivity contribution in [2.45, 2.75) is 13.3 Å². The Morgan fingerprint density at radius 1 is 1.62 bits per heavy atom. The zero-order valence-corrected chi connectivity index (χ0v) is 8.43. The van der Waals surface area contributed by atoms with E-state index in [0.29, 0.717) is 0 Å². The molecule has 1 N–H and O–H groups in total. The number of nitro benzene ring substituents is 1. The summed E-state index contributed by atoms with van der Waals surface area (Å²) >= 11 is 0. The molecule has 0 atom stereocenters. The molecule has 0 radical (unpaired) electrons. The molecule has 0 fully saturated rings. The molecule has 1 rings (SSSR count). The quantitative estimate of drug-likeness (QED) is 0.474. The van der Waals surface area contributed by atoms with Crippen molar-refractivity contribution >= 4 is 11.5 Å². The van der Waals surface area contributed by atoms with Crippen LogP contribution in [0.1, 0.15) is 29.3 Å². The van der Waals surface area contributed by atoms with Crippen LogP contribution in [0.2, 0.25) is 0 Å². The normalized spacial score (nSPS) is 9.50. The maximum Gasteiger partial charge on any atom is 0.312 e. The van der Waals surface area contributed by atoms with Gasteiger partial charge in [0.15, 0.2) is 5.78 Å². The fourth-order valence-corrected chi connectivity index (χ4v) is 1.23. The lowest BCUT2D eigenvalue weighted by Crippen LogP contribution is -2.01. The smallest absolute Gasteiger partial charge is 0.312 e. The number of nitro groups is 1. The van der Waals surface area contributed by atoms with Gasteiger partial charge in [-0.2, -0.15) is 5.26 Å². The van der Waals surface area contributed by atoms with Crippen LogP contribution in [0, 0.1) is 21.4 Å². The first kappa shape index (κ1) is 11.7. The fourth-order valence-electron chi connectivity index (χ4n) is 1.23. The van der Waals surface area contributed by atoms with Crippen molar-refractivity contribution in [1.29, 1.82) is 5.26 Å². The SMILES string of the molecule is CCC(=O)c1cc(C#N)cc([N+](=O)[O-])c1O. The first-order valence-corrected chi connectivity index (χ1v) is 4.46. The number of carbonyl (C=O) groups is 1. The minimum atomic E-state index is -0.831. The number of nitrogens with zero attached hydrogens (tertiary/aromatic N) is 2. The Morgan fingerprint density at radius 2 is 2.25 bits per heavy atom. The first-order valence-electron chi connectivity index (χ1n) is 4.46. The van der Waals surface area contributed by atoms with Crippen LogP contribution < -0.4 is 0 Å². The van der Waals surface area contributed by atoms with E-state index in [1.54, 1.807) is 13.0 Å². The molecule has 82 valence electrons. The Bertz CT molecular complexity index is 502. The Kier molecular flexibility index (Phi) is 3.20. The topological polar surface area (TPSA) is 104 Å². The average molecular weight is 220 g/mol. The van der Waals surface area contributed by atoms with E-state index < -0.39 is 22.1 Å². The number of rotatable bonds is 3. The van der Waals surface area contributed by atoms with Crippen molar-refractivity contribution in [3.8, 4) is 11.8 Å². The van der Waals surface area contributed by atoms with Crippen LogP contribution >= 0.6 is 0 Å². The van der Waals surface area contributed by atoms with Gasteiger partial charge in [0.25, 0.3) is 0 Å². The monoisotopic (exact) mass is 220 g/mol. The summed E-state index contributed by atoms with van der Waals surface area (Å²) in [4.78, 5) is 21.1. The molecule has 6 heteroatoms. The van der Waals surface area contributed by atoms with Gasteiger partial charge in [0.1, 0.15) is 0 Å². The molecular weight excluding hydrogens is 212 g/mol. The summed E-state index contributed by atoms with van der Waals surface area (Å²) in [7, 11) is 0. The number of carbonyl (C=O) groups excluding carboxylic acids is 1. The Hall–Kier alpha value is -2.42. The number of hydrogen-bond donors (Lipinski definition) is 1. The third-order valence-corrected chi connectivity index (χ3v) is 2.04. The van der Waals surface area contributed by atoms with Gasteiger partial charge in [-0.25, -0.2) is 0 Å². The molecule has 0 aromatic heterocycles. The molecule has 0 aliphatic heterocycles. The van der Waals surface area contributed by atoms with E-state index in [1.165, 1.54) is 0 Å². The van der Waals surface area contributed by atoms with Gasteiger partial charge in [-0.15, -0.1) is 0 Å². The standard InChI is InChI=1S/C10H8N2O4/c1-2-9(13)7-3-6(5-11)4-8(10(7)14)12(15)16/h3-4,14H,2H2,1H3. The second kappa shape index (κ2) is 4.40.